The highest BCUT2D eigenvalue weighted by atomic mass is 16.3. The number of aliphatic hydroxyl groups is 1. The van der Waals surface area contributed by atoms with Gasteiger partial charge < -0.3 is 10.4 Å². The zero-order valence-electron chi connectivity index (χ0n) is 12.2. The third kappa shape index (κ3) is 2.65. The van der Waals surface area contributed by atoms with Gasteiger partial charge in [0.2, 0.25) is 0 Å². The topological polar surface area (TPSA) is 66.4 Å². The lowest BCUT2D eigenvalue weighted by Gasteiger charge is -2.18. The number of aliphatic hydroxyl groups excluding tert-OH is 1. The van der Waals surface area contributed by atoms with Gasteiger partial charge in [-0.3, -0.25) is 9.59 Å². The van der Waals surface area contributed by atoms with E-state index in [1.807, 2.05) is 24.3 Å². The molecule has 3 rings (SSSR count). The van der Waals surface area contributed by atoms with Crippen LogP contribution in [0, 0.1) is 0 Å². The molecule has 0 fully saturated rings. The molecule has 4 heteroatoms. The minimum atomic E-state index is -0.613. The van der Waals surface area contributed by atoms with Crippen molar-refractivity contribution in [1.82, 2.24) is 5.32 Å². The molecule has 0 aromatic heterocycles. The number of ketones is 1. The molecule has 1 aliphatic rings. The number of Topliss-reactive ketones (excluding diaryl/α,β-unsaturated/α-hetero) is 1. The van der Waals surface area contributed by atoms with E-state index < -0.39 is 12.1 Å². The van der Waals surface area contributed by atoms with Crippen molar-refractivity contribution in [3.63, 3.8) is 0 Å². The Morgan fingerprint density at radius 2 is 1.68 bits per heavy atom. The number of hydrogen-bond acceptors (Lipinski definition) is 3. The molecule has 2 atom stereocenters. The van der Waals surface area contributed by atoms with Gasteiger partial charge in [0.05, 0.1) is 12.1 Å². The van der Waals surface area contributed by atoms with Gasteiger partial charge >= 0.3 is 0 Å². The number of hydrogen-bond donors (Lipinski definition) is 2. The zero-order chi connectivity index (χ0) is 15.7. The first-order valence-electron chi connectivity index (χ1n) is 7.24. The third-order valence-corrected chi connectivity index (χ3v) is 4.04. The molecule has 0 saturated heterocycles. The standard InChI is InChI=1S/C18H17NO3/c1-11(20)12-6-8-13(9-7-12)18(22)19-17-15-5-3-2-4-14(15)10-16(17)21/h2-9,16-17,21H,10H2,1H3,(H,19,22)/t16-,17-/m1/s1. The molecule has 22 heavy (non-hydrogen) atoms. The summed E-state index contributed by atoms with van der Waals surface area (Å²) in [5.74, 6) is -0.289. The second-order valence-corrected chi connectivity index (χ2v) is 5.55. The number of carbonyl (C=O) groups is 2. The van der Waals surface area contributed by atoms with Crippen molar-refractivity contribution < 1.29 is 14.7 Å². The molecular formula is C18H17NO3. The van der Waals surface area contributed by atoms with Crippen LogP contribution in [0.2, 0.25) is 0 Å². The van der Waals surface area contributed by atoms with Crippen molar-refractivity contribution in [3.8, 4) is 0 Å². The molecule has 0 bridgehead atoms. The summed E-state index contributed by atoms with van der Waals surface area (Å²) in [7, 11) is 0. The van der Waals surface area contributed by atoms with E-state index in [9.17, 15) is 14.7 Å². The number of benzene rings is 2. The number of fused-ring (bicyclic) bond motifs is 1. The molecule has 0 heterocycles. The molecule has 1 aliphatic carbocycles. The molecule has 0 saturated carbocycles. The lowest BCUT2D eigenvalue weighted by atomic mass is 10.1. The summed E-state index contributed by atoms with van der Waals surface area (Å²) in [6, 6.07) is 13.8. The van der Waals surface area contributed by atoms with Gasteiger partial charge in [0.15, 0.2) is 5.78 Å². The van der Waals surface area contributed by atoms with Gasteiger partial charge in [0.25, 0.3) is 5.91 Å². The second-order valence-electron chi connectivity index (χ2n) is 5.55. The molecule has 0 spiro atoms. The highest BCUT2D eigenvalue weighted by Gasteiger charge is 2.31. The minimum Gasteiger partial charge on any atom is -0.390 e. The molecule has 0 unspecified atom stereocenters. The summed E-state index contributed by atoms with van der Waals surface area (Å²) in [5, 5.41) is 13.0. The molecule has 112 valence electrons. The summed E-state index contributed by atoms with van der Waals surface area (Å²) in [6.45, 7) is 1.49. The van der Waals surface area contributed by atoms with E-state index in [2.05, 4.69) is 5.32 Å². The average Bonchev–Trinajstić information content (AvgIpc) is 2.83. The fourth-order valence-electron chi connectivity index (χ4n) is 2.83. The van der Waals surface area contributed by atoms with Crippen molar-refractivity contribution in [2.75, 3.05) is 0 Å². The summed E-state index contributed by atoms with van der Waals surface area (Å²) in [6.07, 6.45) is -0.0671. The van der Waals surface area contributed by atoms with Crippen LogP contribution in [0.1, 0.15) is 44.8 Å². The number of nitrogens with one attached hydrogen (secondary N) is 1. The van der Waals surface area contributed by atoms with Crippen LogP contribution in [0.25, 0.3) is 0 Å². The normalized spacial score (nSPS) is 19.5. The Labute approximate surface area is 128 Å². The smallest absolute Gasteiger partial charge is 0.251 e. The highest BCUT2D eigenvalue weighted by molar-refractivity contribution is 5.97. The van der Waals surface area contributed by atoms with E-state index >= 15 is 0 Å². The van der Waals surface area contributed by atoms with Gasteiger partial charge in [-0.2, -0.15) is 0 Å². The highest BCUT2D eigenvalue weighted by Crippen LogP contribution is 2.31. The Bertz CT molecular complexity index is 721. The number of amides is 1. The first-order valence-corrected chi connectivity index (χ1v) is 7.24. The lowest BCUT2D eigenvalue weighted by Crippen LogP contribution is -2.33. The van der Waals surface area contributed by atoms with Crippen molar-refractivity contribution in [2.45, 2.75) is 25.5 Å². The van der Waals surface area contributed by atoms with Crippen LogP contribution >= 0.6 is 0 Å². The Morgan fingerprint density at radius 3 is 2.36 bits per heavy atom. The van der Waals surface area contributed by atoms with E-state index in [4.69, 9.17) is 0 Å². The first-order chi connectivity index (χ1) is 10.6. The van der Waals surface area contributed by atoms with E-state index in [1.165, 1.54) is 6.92 Å². The lowest BCUT2D eigenvalue weighted by molar-refractivity contribution is 0.0857. The Hall–Kier alpha value is -2.46. The van der Waals surface area contributed by atoms with Crippen LogP contribution in [0.4, 0.5) is 0 Å². The largest absolute Gasteiger partial charge is 0.390 e. The summed E-state index contributed by atoms with van der Waals surface area (Å²) in [4.78, 5) is 23.6. The number of carbonyl (C=O) groups excluding carboxylic acids is 2. The van der Waals surface area contributed by atoms with Crippen molar-refractivity contribution in [3.05, 3.63) is 70.8 Å². The van der Waals surface area contributed by atoms with E-state index in [0.717, 1.165) is 11.1 Å². The first kappa shape index (κ1) is 14.5. The molecule has 0 radical (unpaired) electrons. The SMILES string of the molecule is CC(=O)c1ccc(C(=O)N[C@@H]2c3ccccc3C[C@H]2O)cc1. The maximum Gasteiger partial charge on any atom is 0.251 e. The molecule has 0 aliphatic heterocycles. The van der Waals surface area contributed by atoms with Crippen LogP contribution < -0.4 is 5.32 Å². The predicted octanol–water partition coefficient (Wildman–Crippen LogP) is 2.28. The van der Waals surface area contributed by atoms with Crippen LogP contribution in [0.15, 0.2) is 48.5 Å². The maximum absolute atomic E-state index is 12.3. The van der Waals surface area contributed by atoms with Crippen molar-refractivity contribution in [1.29, 1.82) is 0 Å². The fourth-order valence-corrected chi connectivity index (χ4v) is 2.83. The average molecular weight is 295 g/mol. The monoisotopic (exact) mass is 295 g/mol. The third-order valence-electron chi connectivity index (χ3n) is 4.04. The number of rotatable bonds is 3. The minimum absolute atomic E-state index is 0.0351. The molecule has 2 N–H and O–H groups in total. The van der Waals surface area contributed by atoms with Crippen LogP contribution in [0.5, 0.6) is 0 Å². The van der Waals surface area contributed by atoms with E-state index in [-0.39, 0.29) is 11.7 Å². The summed E-state index contributed by atoms with van der Waals surface area (Å²) >= 11 is 0. The van der Waals surface area contributed by atoms with E-state index in [0.29, 0.717) is 17.5 Å². The summed E-state index contributed by atoms with van der Waals surface area (Å²) in [5.41, 5.74) is 3.07. The van der Waals surface area contributed by atoms with Crippen molar-refractivity contribution >= 4 is 11.7 Å². The Kier molecular flexibility index (Phi) is 3.77. The van der Waals surface area contributed by atoms with Gasteiger partial charge in [0.1, 0.15) is 0 Å². The van der Waals surface area contributed by atoms with Gasteiger partial charge in [0, 0.05) is 17.5 Å². The van der Waals surface area contributed by atoms with Gasteiger partial charge in [-0.05, 0) is 30.2 Å². The van der Waals surface area contributed by atoms with E-state index in [1.54, 1.807) is 24.3 Å². The Morgan fingerprint density at radius 1 is 1.05 bits per heavy atom. The maximum atomic E-state index is 12.3. The fraction of sp³-hybridized carbons (Fsp3) is 0.222. The molecule has 4 nitrogen and oxygen atoms in total. The molecule has 2 aromatic rings. The quantitative estimate of drug-likeness (QED) is 0.854. The van der Waals surface area contributed by atoms with Gasteiger partial charge in [-0.15, -0.1) is 0 Å². The van der Waals surface area contributed by atoms with Gasteiger partial charge in [-0.25, -0.2) is 0 Å². The zero-order valence-corrected chi connectivity index (χ0v) is 12.2. The van der Waals surface area contributed by atoms with Crippen LogP contribution in [-0.4, -0.2) is 22.9 Å². The predicted molar refractivity (Wildman–Crippen MR) is 82.8 cm³/mol. The van der Waals surface area contributed by atoms with Crippen LogP contribution in [0.3, 0.4) is 0 Å². The molecular weight excluding hydrogens is 278 g/mol. The summed E-state index contributed by atoms with van der Waals surface area (Å²) < 4.78 is 0. The molecule has 1 amide bonds. The second kappa shape index (κ2) is 5.73. The van der Waals surface area contributed by atoms with Crippen molar-refractivity contribution in [2.24, 2.45) is 0 Å². The molecule has 2 aromatic carbocycles. The van der Waals surface area contributed by atoms with Gasteiger partial charge in [-0.1, -0.05) is 36.4 Å². The van der Waals surface area contributed by atoms with Crippen LogP contribution in [-0.2, 0) is 6.42 Å². The Balaban J connectivity index is 1.78.